The van der Waals surface area contributed by atoms with Crippen LogP contribution >= 0.6 is 11.8 Å². The highest BCUT2D eigenvalue weighted by Crippen LogP contribution is 2.24. The second-order valence-corrected chi connectivity index (χ2v) is 7.33. The van der Waals surface area contributed by atoms with Gasteiger partial charge in [0.15, 0.2) is 0 Å². The Balaban J connectivity index is 2.43. The number of nitrogens with one attached hydrogen (secondary N) is 1. The van der Waals surface area contributed by atoms with Gasteiger partial charge < -0.3 is 5.32 Å². The minimum atomic E-state index is 0.183. The van der Waals surface area contributed by atoms with E-state index in [9.17, 15) is 0 Å². The van der Waals surface area contributed by atoms with Gasteiger partial charge in [0.05, 0.1) is 0 Å². The van der Waals surface area contributed by atoms with Crippen molar-refractivity contribution in [2.45, 2.75) is 64.4 Å². The second-order valence-electron chi connectivity index (χ2n) is 6.24. The standard InChI is InChI=1S/C17H29NS/c1-6-14(7-2)13-19-16-10-8-15(9-11-16)12-18-17(3,4)5/h8-11,14,18H,6-7,12-13H2,1-5H3. The molecule has 108 valence electrons. The number of hydrogen-bond donors (Lipinski definition) is 1. The topological polar surface area (TPSA) is 12.0 Å². The Morgan fingerprint density at radius 2 is 1.63 bits per heavy atom. The SMILES string of the molecule is CCC(CC)CSc1ccc(CNC(C)(C)C)cc1. The third-order valence-electron chi connectivity index (χ3n) is 3.39. The molecular formula is C17H29NS. The third-order valence-corrected chi connectivity index (χ3v) is 4.63. The van der Waals surface area contributed by atoms with Crippen molar-refractivity contribution in [2.75, 3.05) is 5.75 Å². The highest BCUT2D eigenvalue weighted by atomic mass is 32.2. The zero-order chi connectivity index (χ0) is 14.3. The molecule has 0 bridgehead atoms. The molecular weight excluding hydrogens is 250 g/mol. The van der Waals surface area contributed by atoms with Crippen molar-refractivity contribution in [3.05, 3.63) is 29.8 Å². The second kappa shape index (κ2) is 7.96. The highest BCUT2D eigenvalue weighted by molar-refractivity contribution is 7.99. The Labute approximate surface area is 123 Å². The zero-order valence-corrected chi connectivity index (χ0v) is 13.9. The van der Waals surface area contributed by atoms with Crippen LogP contribution < -0.4 is 5.32 Å². The molecule has 0 spiro atoms. The minimum absolute atomic E-state index is 0.183. The van der Waals surface area contributed by atoms with E-state index in [2.05, 4.69) is 64.2 Å². The molecule has 1 N–H and O–H groups in total. The van der Waals surface area contributed by atoms with Gasteiger partial charge >= 0.3 is 0 Å². The molecule has 19 heavy (non-hydrogen) atoms. The molecule has 0 unspecified atom stereocenters. The first kappa shape index (κ1) is 16.6. The first-order valence-corrected chi connectivity index (χ1v) is 8.40. The van der Waals surface area contributed by atoms with Crippen LogP contribution in [0.3, 0.4) is 0 Å². The van der Waals surface area contributed by atoms with Gasteiger partial charge in [0.1, 0.15) is 0 Å². The molecule has 1 aromatic rings. The van der Waals surface area contributed by atoms with Gasteiger partial charge in [-0.2, -0.15) is 0 Å². The molecule has 0 saturated carbocycles. The van der Waals surface area contributed by atoms with E-state index in [1.54, 1.807) is 0 Å². The van der Waals surface area contributed by atoms with Gasteiger partial charge in [-0.3, -0.25) is 0 Å². The fraction of sp³-hybridized carbons (Fsp3) is 0.647. The fourth-order valence-electron chi connectivity index (χ4n) is 1.81. The van der Waals surface area contributed by atoms with E-state index >= 15 is 0 Å². The van der Waals surface area contributed by atoms with E-state index in [1.165, 1.54) is 29.1 Å². The summed E-state index contributed by atoms with van der Waals surface area (Å²) in [6, 6.07) is 9.00. The average Bonchev–Trinajstić information content (AvgIpc) is 2.38. The molecule has 0 fully saturated rings. The molecule has 0 radical (unpaired) electrons. The summed E-state index contributed by atoms with van der Waals surface area (Å²) in [5.41, 5.74) is 1.55. The summed E-state index contributed by atoms with van der Waals surface area (Å²) >= 11 is 1.99. The number of hydrogen-bond acceptors (Lipinski definition) is 2. The monoisotopic (exact) mass is 279 g/mol. The van der Waals surface area contributed by atoms with Crippen LogP contribution in [0.2, 0.25) is 0 Å². The van der Waals surface area contributed by atoms with Crippen molar-refractivity contribution in [3.63, 3.8) is 0 Å². The van der Waals surface area contributed by atoms with Crippen molar-refractivity contribution in [1.29, 1.82) is 0 Å². The molecule has 2 heteroatoms. The third kappa shape index (κ3) is 7.03. The first-order valence-electron chi connectivity index (χ1n) is 7.41. The Kier molecular flexibility index (Phi) is 6.95. The smallest absolute Gasteiger partial charge is 0.0210 e. The Hall–Kier alpha value is -0.470. The van der Waals surface area contributed by atoms with E-state index in [4.69, 9.17) is 0 Å². The van der Waals surface area contributed by atoms with Gasteiger partial charge in [-0.05, 0) is 44.4 Å². The van der Waals surface area contributed by atoms with E-state index in [0.29, 0.717) is 0 Å². The quantitative estimate of drug-likeness (QED) is 0.697. The van der Waals surface area contributed by atoms with Gasteiger partial charge in [0, 0.05) is 22.7 Å². The lowest BCUT2D eigenvalue weighted by Crippen LogP contribution is -2.35. The molecule has 1 rings (SSSR count). The summed E-state index contributed by atoms with van der Waals surface area (Å²) in [5.74, 6) is 2.10. The summed E-state index contributed by atoms with van der Waals surface area (Å²) in [6.45, 7) is 12.1. The van der Waals surface area contributed by atoms with Crippen LogP contribution in [0.1, 0.15) is 53.0 Å². The average molecular weight is 279 g/mol. The largest absolute Gasteiger partial charge is 0.308 e. The fourth-order valence-corrected chi connectivity index (χ4v) is 3.04. The lowest BCUT2D eigenvalue weighted by Gasteiger charge is -2.20. The summed E-state index contributed by atoms with van der Waals surface area (Å²) in [7, 11) is 0. The molecule has 0 atom stereocenters. The van der Waals surface area contributed by atoms with Crippen molar-refractivity contribution < 1.29 is 0 Å². The first-order chi connectivity index (χ1) is 8.94. The van der Waals surface area contributed by atoms with Crippen molar-refractivity contribution >= 4 is 11.8 Å². The molecule has 1 nitrogen and oxygen atoms in total. The summed E-state index contributed by atoms with van der Waals surface area (Å²) in [5, 5.41) is 3.52. The van der Waals surface area contributed by atoms with Crippen LogP contribution in [-0.4, -0.2) is 11.3 Å². The van der Waals surface area contributed by atoms with E-state index < -0.39 is 0 Å². The van der Waals surface area contributed by atoms with Crippen molar-refractivity contribution in [2.24, 2.45) is 5.92 Å². The summed E-state index contributed by atoms with van der Waals surface area (Å²) in [6.07, 6.45) is 2.58. The van der Waals surface area contributed by atoms with Gasteiger partial charge in [-0.1, -0.05) is 38.8 Å². The maximum Gasteiger partial charge on any atom is 0.0210 e. The molecule has 1 aromatic carbocycles. The van der Waals surface area contributed by atoms with Gasteiger partial charge in [-0.25, -0.2) is 0 Å². The lowest BCUT2D eigenvalue weighted by atomic mass is 10.1. The Morgan fingerprint density at radius 1 is 1.05 bits per heavy atom. The minimum Gasteiger partial charge on any atom is -0.308 e. The van der Waals surface area contributed by atoms with Crippen LogP contribution in [0.5, 0.6) is 0 Å². The van der Waals surface area contributed by atoms with Gasteiger partial charge in [-0.15, -0.1) is 11.8 Å². The summed E-state index contributed by atoms with van der Waals surface area (Å²) < 4.78 is 0. The number of thioether (sulfide) groups is 1. The van der Waals surface area contributed by atoms with Crippen molar-refractivity contribution in [3.8, 4) is 0 Å². The normalized spacial score (nSPS) is 12.1. The van der Waals surface area contributed by atoms with Crippen molar-refractivity contribution in [1.82, 2.24) is 5.32 Å². The van der Waals surface area contributed by atoms with Crippen LogP contribution in [-0.2, 0) is 6.54 Å². The van der Waals surface area contributed by atoms with Crippen LogP contribution in [0.15, 0.2) is 29.2 Å². The highest BCUT2D eigenvalue weighted by Gasteiger charge is 2.08. The Bertz CT molecular complexity index is 347. The maximum atomic E-state index is 3.52. The maximum absolute atomic E-state index is 3.52. The molecule has 0 aliphatic carbocycles. The predicted octanol–water partition coefficient (Wildman–Crippen LogP) is 5.10. The molecule has 0 aromatic heterocycles. The predicted molar refractivity (Wildman–Crippen MR) is 87.8 cm³/mol. The van der Waals surface area contributed by atoms with E-state index in [-0.39, 0.29) is 5.54 Å². The molecule has 0 saturated heterocycles. The lowest BCUT2D eigenvalue weighted by molar-refractivity contribution is 0.424. The number of rotatable bonds is 7. The van der Waals surface area contributed by atoms with E-state index in [0.717, 1.165) is 12.5 Å². The number of benzene rings is 1. The molecule has 0 aliphatic heterocycles. The molecule has 0 aliphatic rings. The van der Waals surface area contributed by atoms with Crippen LogP contribution in [0.4, 0.5) is 0 Å². The molecule has 0 amide bonds. The van der Waals surface area contributed by atoms with Gasteiger partial charge in [0.2, 0.25) is 0 Å². The van der Waals surface area contributed by atoms with E-state index in [1.807, 2.05) is 11.8 Å². The van der Waals surface area contributed by atoms with Crippen LogP contribution in [0.25, 0.3) is 0 Å². The van der Waals surface area contributed by atoms with Gasteiger partial charge in [0.25, 0.3) is 0 Å². The van der Waals surface area contributed by atoms with Crippen LogP contribution in [0, 0.1) is 5.92 Å². The zero-order valence-electron chi connectivity index (χ0n) is 13.1. The molecule has 0 heterocycles. The Morgan fingerprint density at radius 3 is 2.11 bits per heavy atom. The summed E-state index contributed by atoms with van der Waals surface area (Å²) in [4.78, 5) is 1.39.